The molecule has 5 nitrogen and oxygen atoms in total. The normalized spacial score (nSPS) is 18.9. The first-order valence-corrected chi connectivity index (χ1v) is 4.28. The van der Waals surface area contributed by atoms with Crippen molar-refractivity contribution >= 4 is 12.0 Å². The van der Waals surface area contributed by atoms with E-state index < -0.39 is 23.6 Å². The van der Waals surface area contributed by atoms with Crippen molar-refractivity contribution in [2.45, 2.75) is 31.3 Å². The second kappa shape index (κ2) is 3.58. The van der Waals surface area contributed by atoms with Crippen molar-refractivity contribution in [1.29, 1.82) is 0 Å². The SMILES string of the molecule is C#CC(C)NC(=O)NC1(C(=O)O)CC1. The second-order valence-electron chi connectivity index (χ2n) is 3.37. The van der Waals surface area contributed by atoms with Crippen molar-refractivity contribution in [2.75, 3.05) is 0 Å². The molecule has 1 rings (SSSR count). The van der Waals surface area contributed by atoms with Crippen LogP contribution in [-0.2, 0) is 4.79 Å². The van der Waals surface area contributed by atoms with E-state index >= 15 is 0 Å². The Bertz CT molecular complexity index is 302. The van der Waals surface area contributed by atoms with Gasteiger partial charge in [-0.25, -0.2) is 9.59 Å². The van der Waals surface area contributed by atoms with Gasteiger partial charge in [0.05, 0.1) is 6.04 Å². The summed E-state index contributed by atoms with van der Waals surface area (Å²) in [6.07, 6.45) is 6.00. The second-order valence-corrected chi connectivity index (χ2v) is 3.37. The number of amides is 2. The van der Waals surface area contributed by atoms with Gasteiger partial charge in [-0.05, 0) is 19.8 Å². The Labute approximate surface area is 81.9 Å². The Morgan fingerprint density at radius 2 is 2.14 bits per heavy atom. The standard InChI is InChI=1S/C9H12N2O3/c1-3-6(2)10-8(14)11-9(4-5-9)7(12)13/h1,6H,4-5H2,2H3,(H,12,13)(H2,10,11,14). The van der Waals surface area contributed by atoms with Crippen LogP contribution in [0.3, 0.4) is 0 Å². The van der Waals surface area contributed by atoms with Crippen LogP contribution < -0.4 is 10.6 Å². The quantitative estimate of drug-likeness (QED) is 0.552. The Morgan fingerprint density at radius 1 is 1.57 bits per heavy atom. The van der Waals surface area contributed by atoms with E-state index in [-0.39, 0.29) is 0 Å². The molecule has 0 aromatic heterocycles. The lowest BCUT2D eigenvalue weighted by atomic mass is 10.3. The predicted octanol–water partition coefficient (Wildman–Crippen LogP) is -0.0755. The maximum absolute atomic E-state index is 11.2. The Kier molecular flexibility index (Phi) is 2.65. The molecule has 0 bridgehead atoms. The van der Waals surface area contributed by atoms with Gasteiger partial charge in [0.1, 0.15) is 5.54 Å². The lowest BCUT2D eigenvalue weighted by Gasteiger charge is -2.14. The van der Waals surface area contributed by atoms with Crippen LogP contribution in [0.25, 0.3) is 0 Å². The number of rotatable bonds is 3. The number of carboxylic acids is 1. The molecule has 3 N–H and O–H groups in total. The van der Waals surface area contributed by atoms with Crippen molar-refractivity contribution in [2.24, 2.45) is 0 Å². The fourth-order valence-corrected chi connectivity index (χ4v) is 1.01. The fraction of sp³-hybridized carbons (Fsp3) is 0.556. The van der Waals surface area contributed by atoms with Gasteiger partial charge in [-0.1, -0.05) is 5.92 Å². The Morgan fingerprint density at radius 3 is 2.50 bits per heavy atom. The maximum Gasteiger partial charge on any atom is 0.329 e. The van der Waals surface area contributed by atoms with E-state index in [0.717, 1.165) is 0 Å². The zero-order chi connectivity index (χ0) is 10.8. The largest absolute Gasteiger partial charge is 0.480 e. The summed E-state index contributed by atoms with van der Waals surface area (Å²) in [5, 5.41) is 13.6. The van der Waals surface area contributed by atoms with Gasteiger partial charge in [-0.3, -0.25) is 0 Å². The molecule has 1 aliphatic rings. The van der Waals surface area contributed by atoms with E-state index in [1.807, 2.05) is 0 Å². The van der Waals surface area contributed by atoms with Gasteiger partial charge < -0.3 is 15.7 Å². The average molecular weight is 196 g/mol. The minimum Gasteiger partial charge on any atom is -0.480 e. The first kappa shape index (κ1) is 10.4. The summed E-state index contributed by atoms with van der Waals surface area (Å²) in [6, 6.07) is -0.935. The topological polar surface area (TPSA) is 78.4 Å². The summed E-state index contributed by atoms with van der Waals surface area (Å²) >= 11 is 0. The minimum atomic E-state index is -1.06. The van der Waals surface area contributed by atoms with Crippen molar-refractivity contribution in [1.82, 2.24) is 10.6 Å². The number of aliphatic carboxylic acids is 1. The molecule has 0 saturated heterocycles. The van der Waals surface area contributed by atoms with Crippen LogP contribution >= 0.6 is 0 Å². The van der Waals surface area contributed by atoms with Gasteiger partial charge in [0.25, 0.3) is 0 Å². The third kappa shape index (κ3) is 2.16. The number of terminal acetylenes is 1. The number of carbonyl (C=O) groups is 2. The van der Waals surface area contributed by atoms with Gasteiger partial charge in [0.15, 0.2) is 0 Å². The molecule has 0 aliphatic heterocycles. The summed E-state index contributed by atoms with van der Waals surface area (Å²) in [4.78, 5) is 21.9. The number of hydrogen-bond donors (Lipinski definition) is 3. The molecule has 0 aromatic carbocycles. The molecule has 1 atom stereocenters. The molecule has 76 valence electrons. The fourth-order valence-electron chi connectivity index (χ4n) is 1.01. The molecule has 0 spiro atoms. The molecule has 14 heavy (non-hydrogen) atoms. The number of hydrogen-bond acceptors (Lipinski definition) is 2. The zero-order valence-electron chi connectivity index (χ0n) is 7.83. The van der Waals surface area contributed by atoms with Crippen LogP contribution in [0.1, 0.15) is 19.8 Å². The summed E-state index contributed by atoms with van der Waals surface area (Å²) in [7, 11) is 0. The zero-order valence-corrected chi connectivity index (χ0v) is 7.83. The highest BCUT2D eigenvalue weighted by Gasteiger charge is 2.51. The average Bonchev–Trinajstić information content (AvgIpc) is 2.85. The van der Waals surface area contributed by atoms with Crippen LogP contribution in [0, 0.1) is 12.3 Å². The van der Waals surface area contributed by atoms with Crippen LogP contribution in [0.5, 0.6) is 0 Å². The van der Waals surface area contributed by atoms with E-state index in [4.69, 9.17) is 11.5 Å². The number of carboxylic acid groups (broad SMARTS) is 1. The van der Waals surface area contributed by atoms with E-state index in [1.54, 1.807) is 6.92 Å². The summed E-state index contributed by atoms with van der Waals surface area (Å²) in [5.41, 5.74) is -1.06. The molecule has 2 amide bonds. The molecule has 1 unspecified atom stereocenters. The van der Waals surface area contributed by atoms with Gasteiger partial charge >= 0.3 is 12.0 Å². The van der Waals surface area contributed by atoms with Gasteiger partial charge in [-0.15, -0.1) is 6.42 Å². The molecule has 1 saturated carbocycles. The van der Waals surface area contributed by atoms with Gasteiger partial charge in [0, 0.05) is 0 Å². The van der Waals surface area contributed by atoms with Crippen LogP contribution in [0.15, 0.2) is 0 Å². The molecule has 5 heteroatoms. The monoisotopic (exact) mass is 196 g/mol. The van der Waals surface area contributed by atoms with Crippen molar-refractivity contribution in [3.8, 4) is 12.3 Å². The van der Waals surface area contributed by atoms with E-state index in [9.17, 15) is 9.59 Å². The highest BCUT2D eigenvalue weighted by Crippen LogP contribution is 2.35. The van der Waals surface area contributed by atoms with E-state index in [2.05, 4.69) is 16.6 Å². The molecule has 0 heterocycles. The number of urea groups is 1. The van der Waals surface area contributed by atoms with Gasteiger partial charge in [-0.2, -0.15) is 0 Å². The maximum atomic E-state index is 11.2. The molecule has 1 aliphatic carbocycles. The first-order valence-electron chi connectivity index (χ1n) is 4.28. The van der Waals surface area contributed by atoms with Gasteiger partial charge in [0.2, 0.25) is 0 Å². The van der Waals surface area contributed by atoms with Crippen LogP contribution in [0.4, 0.5) is 4.79 Å². The van der Waals surface area contributed by atoms with Crippen LogP contribution in [-0.4, -0.2) is 28.7 Å². The number of carbonyl (C=O) groups excluding carboxylic acids is 1. The molecule has 0 radical (unpaired) electrons. The van der Waals surface area contributed by atoms with Crippen molar-refractivity contribution in [3.63, 3.8) is 0 Å². The summed E-state index contributed by atoms with van der Waals surface area (Å²) in [5.74, 6) is 1.31. The smallest absolute Gasteiger partial charge is 0.329 e. The van der Waals surface area contributed by atoms with Crippen molar-refractivity contribution < 1.29 is 14.7 Å². The van der Waals surface area contributed by atoms with Crippen LogP contribution in [0.2, 0.25) is 0 Å². The molecule has 1 fully saturated rings. The van der Waals surface area contributed by atoms with E-state index in [0.29, 0.717) is 12.8 Å². The Balaban J connectivity index is 2.43. The molecular formula is C9H12N2O3. The lowest BCUT2D eigenvalue weighted by Crippen LogP contribution is -2.49. The molecular weight excluding hydrogens is 184 g/mol. The Hall–Kier alpha value is -1.70. The highest BCUT2D eigenvalue weighted by atomic mass is 16.4. The lowest BCUT2D eigenvalue weighted by molar-refractivity contribution is -0.140. The van der Waals surface area contributed by atoms with E-state index in [1.165, 1.54) is 0 Å². The third-order valence-corrected chi connectivity index (χ3v) is 2.11. The first-order chi connectivity index (χ1) is 6.50. The highest BCUT2D eigenvalue weighted by molar-refractivity contribution is 5.89. The van der Waals surface area contributed by atoms with Crippen molar-refractivity contribution in [3.05, 3.63) is 0 Å². The third-order valence-electron chi connectivity index (χ3n) is 2.11. The summed E-state index contributed by atoms with van der Waals surface area (Å²) in [6.45, 7) is 1.64. The molecule has 0 aromatic rings. The number of nitrogens with one attached hydrogen (secondary N) is 2. The summed E-state index contributed by atoms with van der Waals surface area (Å²) < 4.78 is 0. The predicted molar refractivity (Wildman–Crippen MR) is 49.6 cm³/mol. The minimum absolute atomic E-state index is 0.403.